The first-order valence-electron chi connectivity index (χ1n) is 10.0. The number of aryl methyl sites for hydroxylation is 1. The van der Waals surface area contributed by atoms with E-state index in [1.165, 1.54) is 34.3 Å². The van der Waals surface area contributed by atoms with Crippen molar-refractivity contribution in [1.82, 2.24) is 19.9 Å². The van der Waals surface area contributed by atoms with Crippen LogP contribution in [0.15, 0.2) is 41.1 Å². The summed E-state index contributed by atoms with van der Waals surface area (Å²) in [6, 6.07) is 5.89. The number of carboxylic acids is 2. The van der Waals surface area contributed by atoms with Crippen LogP contribution in [-0.2, 0) is 16.0 Å². The summed E-state index contributed by atoms with van der Waals surface area (Å²) in [5.41, 5.74) is 0.787. The van der Waals surface area contributed by atoms with Crippen molar-refractivity contribution >= 4 is 29.6 Å². The predicted octanol–water partition coefficient (Wildman–Crippen LogP) is -1.27. The minimum atomic E-state index is -1.41. The molecule has 32 heavy (non-hydrogen) atoms. The average molecular weight is 456 g/mol. The number of aliphatic hydroxyl groups is 1. The first-order valence-corrected chi connectivity index (χ1v) is 11.0. The largest absolute Gasteiger partial charge is 0.545 e. The lowest BCUT2D eigenvalue weighted by molar-refractivity contribution is -0.301. The molecule has 2 aliphatic heterocycles. The quantitative estimate of drug-likeness (QED) is 0.479. The Bertz CT molecular complexity index is 1130. The van der Waals surface area contributed by atoms with E-state index in [-0.39, 0.29) is 23.2 Å². The SMILES string of the molecule is C[C@@H](O)[C@H]1C(=O)N2C(C(=O)[O-])=C(SCCc3cn(-c4ccccc4C(=O)[O-])nn3)[C@H](C)[C@H]12. The monoisotopic (exact) mass is 456 g/mol. The third-order valence-corrected chi connectivity index (χ3v) is 7.11. The number of carbonyl (C=O) groups excluding carboxylic acids is 3. The van der Waals surface area contributed by atoms with Gasteiger partial charge in [0.2, 0.25) is 5.91 Å². The number of fused-ring (bicyclic) bond motifs is 1. The Kier molecular flexibility index (Phi) is 5.78. The van der Waals surface area contributed by atoms with E-state index >= 15 is 0 Å². The van der Waals surface area contributed by atoms with Gasteiger partial charge in [0.05, 0.1) is 53.3 Å². The van der Waals surface area contributed by atoms with Gasteiger partial charge in [-0.3, -0.25) is 4.79 Å². The molecule has 0 aliphatic carbocycles. The summed E-state index contributed by atoms with van der Waals surface area (Å²) in [6.45, 7) is 3.36. The maximum absolute atomic E-state index is 12.4. The van der Waals surface area contributed by atoms with E-state index in [0.29, 0.717) is 28.5 Å². The number of amides is 1. The molecule has 4 rings (SSSR count). The minimum Gasteiger partial charge on any atom is -0.545 e. The number of aliphatic hydroxyl groups excluding tert-OH is 1. The minimum absolute atomic E-state index is 0.0104. The van der Waals surface area contributed by atoms with E-state index in [4.69, 9.17) is 0 Å². The lowest BCUT2D eigenvalue weighted by atomic mass is 9.79. The maximum Gasteiger partial charge on any atom is 0.235 e. The van der Waals surface area contributed by atoms with Gasteiger partial charge >= 0.3 is 0 Å². The highest BCUT2D eigenvalue weighted by molar-refractivity contribution is 8.03. The van der Waals surface area contributed by atoms with Gasteiger partial charge in [-0.2, -0.15) is 0 Å². The summed E-state index contributed by atoms with van der Waals surface area (Å²) < 4.78 is 1.35. The Labute approximate surface area is 187 Å². The number of thioether (sulfide) groups is 1. The zero-order valence-electron chi connectivity index (χ0n) is 17.3. The van der Waals surface area contributed by atoms with Crippen molar-refractivity contribution in [2.45, 2.75) is 32.4 Å². The molecular weight excluding hydrogens is 436 g/mol. The number of benzene rings is 1. The van der Waals surface area contributed by atoms with Crippen LogP contribution in [0.25, 0.3) is 5.69 Å². The van der Waals surface area contributed by atoms with Crippen LogP contribution in [0.4, 0.5) is 0 Å². The zero-order valence-corrected chi connectivity index (χ0v) is 18.1. The van der Waals surface area contributed by atoms with Gasteiger partial charge in [-0.05, 0) is 13.0 Å². The van der Waals surface area contributed by atoms with Crippen LogP contribution in [-0.4, -0.2) is 60.7 Å². The molecule has 1 aromatic heterocycles. The Morgan fingerprint density at radius 1 is 1.25 bits per heavy atom. The summed E-state index contributed by atoms with van der Waals surface area (Å²) in [6.07, 6.45) is 1.18. The first kappa shape index (κ1) is 22.0. The summed E-state index contributed by atoms with van der Waals surface area (Å²) in [7, 11) is 0. The van der Waals surface area contributed by atoms with E-state index in [2.05, 4.69) is 10.3 Å². The molecule has 2 aromatic rings. The van der Waals surface area contributed by atoms with Gasteiger partial charge in [0.25, 0.3) is 0 Å². The topological polar surface area (TPSA) is 152 Å². The number of rotatable bonds is 8. The lowest BCUT2D eigenvalue weighted by Gasteiger charge is -2.47. The highest BCUT2D eigenvalue weighted by atomic mass is 32.2. The fraction of sp³-hybridized carbons (Fsp3) is 0.381. The second kappa shape index (κ2) is 8.40. The smallest absolute Gasteiger partial charge is 0.235 e. The molecule has 2 aliphatic rings. The van der Waals surface area contributed by atoms with Crippen LogP contribution < -0.4 is 10.2 Å². The molecule has 1 amide bonds. The molecule has 1 saturated heterocycles. The Morgan fingerprint density at radius 2 is 1.97 bits per heavy atom. The molecule has 4 atom stereocenters. The van der Waals surface area contributed by atoms with Crippen LogP contribution in [0.3, 0.4) is 0 Å². The number of aromatic carboxylic acids is 1. The maximum atomic E-state index is 12.4. The Balaban J connectivity index is 1.47. The molecule has 1 aromatic carbocycles. The van der Waals surface area contributed by atoms with Gasteiger partial charge in [0.1, 0.15) is 0 Å². The van der Waals surface area contributed by atoms with Gasteiger partial charge in [0.15, 0.2) is 0 Å². The molecule has 3 heterocycles. The van der Waals surface area contributed by atoms with Gasteiger partial charge < -0.3 is 29.8 Å². The third kappa shape index (κ3) is 3.56. The number of β-lactam (4-membered cyclic amide) rings is 1. The number of carbonyl (C=O) groups is 3. The number of hydrogen-bond acceptors (Lipinski definition) is 9. The molecule has 10 nitrogen and oxygen atoms in total. The van der Waals surface area contributed by atoms with Crippen molar-refractivity contribution in [3.05, 3.63) is 52.3 Å². The van der Waals surface area contributed by atoms with E-state index in [1.54, 1.807) is 24.4 Å². The van der Waals surface area contributed by atoms with Crippen molar-refractivity contribution in [2.24, 2.45) is 11.8 Å². The van der Waals surface area contributed by atoms with Gasteiger partial charge in [-0.25, -0.2) is 4.68 Å². The van der Waals surface area contributed by atoms with Crippen molar-refractivity contribution in [1.29, 1.82) is 0 Å². The Morgan fingerprint density at radius 3 is 2.62 bits per heavy atom. The standard InChI is InChI=1S/C21H22N4O6S/c1-10-16-15(11(2)26)19(27)25(16)17(21(30)31)18(10)32-8-7-12-9-24(23-22-12)14-6-4-3-5-13(14)20(28)29/h3-6,9-11,15-16,26H,7-8H2,1-2H3,(H,28,29)(H,30,31)/p-2/t10-,11-,15-,16-/m1/s1. The van der Waals surface area contributed by atoms with Crippen LogP contribution in [0.2, 0.25) is 0 Å². The molecule has 0 unspecified atom stereocenters. The van der Waals surface area contributed by atoms with Crippen molar-refractivity contribution < 1.29 is 29.7 Å². The van der Waals surface area contributed by atoms with Crippen LogP contribution in [0, 0.1) is 11.8 Å². The molecule has 0 radical (unpaired) electrons. The second-order valence-electron chi connectivity index (χ2n) is 7.81. The molecule has 168 valence electrons. The van der Waals surface area contributed by atoms with Crippen molar-refractivity contribution in [3.63, 3.8) is 0 Å². The molecule has 1 fully saturated rings. The number of aliphatic carboxylic acids is 1. The lowest BCUT2D eigenvalue weighted by Crippen LogP contribution is -2.64. The van der Waals surface area contributed by atoms with E-state index in [9.17, 15) is 29.7 Å². The van der Waals surface area contributed by atoms with Gasteiger partial charge in [0, 0.05) is 28.6 Å². The van der Waals surface area contributed by atoms with Crippen LogP contribution >= 0.6 is 11.8 Å². The average Bonchev–Trinajstić information content (AvgIpc) is 3.29. The molecular formula is C21H20N4O6S-2. The van der Waals surface area contributed by atoms with Crippen LogP contribution in [0.1, 0.15) is 29.9 Å². The fourth-order valence-corrected chi connectivity index (χ4v) is 5.60. The summed E-state index contributed by atoms with van der Waals surface area (Å²) in [5, 5.41) is 41.0. The second-order valence-corrected chi connectivity index (χ2v) is 8.95. The van der Waals surface area contributed by atoms with Crippen molar-refractivity contribution in [2.75, 3.05) is 5.75 Å². The number of para-hydroxylation sites is 1. The molecule has 0 saturated carbocycles. The van der Waals surface area contributed by atoms with Gasteiger partial charge in [-0.1, -0.05) is 30.3 Å². The van der Waals surface area contributed by atoms with Crippen LogP contribution in [0.5, 0.6) is 0 Å². The van der Waals surface area contributed by atoms with Crippen molar-refractivity contribution in [3.8, 4) is 5.69 Å². The Hall–Kier alpha value is -3.18. The zero-order chi connectivity index (χ0) is 23.2. The van der Waals surface area contributed by atoms with E-state index < -0.39 is 29.9 Å². The molecule has 0 spiro atoms. The fourth-order valence-electron chi connectivity index (χ4n) is 4.35. The third-order valence-electron chi connectivity index (χ3n) is 5.83. The number of carboxylic acid groups (broad SMARTS) is 2. The molecule has 1 N–H and O–H groups in total. The molecule has 0 bridgehead atoms. The predicted molar refractivity (Wildman–Crippen MR) is 109 cm³/mol. The normalized spacial score (nSPS) is 23.2. The number of nitrogens with zero attached hydrogens (tertiary/aromatic N) is 4. The number of aromatic nitrogens is 3. The van der Waals surface area contributed by atoms with Gasteiger partial charge in [-0.15, -0.1) is 16.9 Å². The summed E-state index contributed by atoms with van der Waals surface area (Å²) in [4.78, 5) is 37.2. The highest BCUT2D eigenvalue weighted by Crippen LogP contribution is 2.50. The molecule has 11 heteroatoms. The highest BCUT2D eigenvalue weighted by Gasteiger charge is 2.58. The van der Waals surface area contributed by atoms with E-state index in [0.717, 1.165) is 0 Å². The number of hydrogen-bond donors (Lipinski definition) is 1. The van der Waals surface area contributed by atoms with E-state index in [1.807, 2.05) is 6.92 Å². The summed E-state index contributed by atoms with van der Waals surface area (Å²) in [5.74, 6) is -3.53. The first-order chi connectivity index (χ1) is 15.2. The summed E-state index contributed by atoms with van der Waals surface area (Å²) >= 11 is 1.30.